The largest absolute Gasteiger partial charge is 0.348 e. The molecule has 1 heterocycles. The molecule has 33 heavy (non-hydrogen) atoms. The number of rotatable bonds is 6. The van der Waals surface area contributed by atoms with Crippen LogP contribution in [-0.2, 0) is 16.1 Å². The standard InChI is InChI=1S/C27H27N3O3/c1-18-10-12-20(13-11-18)16-28-27(33)23-8-3-4-9-24(23)29-26(32)21-15-25(31)30(17-21)22-7-5-6-19(2)14-22/h3-14,21H,15-17H2,1-2H3,(H,28,33)(H,29,32)/t21-/m0/s1. The molecule has 0 bridgehead atoms. The molecule has 0 radical (unpaired) electrons. The lowest BCUT2D eigenvalue weighted by Crippen LogP contribution is -2.29. The number of aryl methyl sites for hydroxylation is 2. The Morgan fingerprint density at radius 3 is 2.45 bits per heavy atom. The lowest BCUT2D eigenvalue weighted by Gasteiger charge is -2.17. The maximum absolute atomic E-state index is 13.0. The van der Waals surface area contributed by atoms with E-state index in [4.69, 9.17) is 0 Å². The van der Waals surface area contributed by atoms with Crippen LogP contribution in [0.5, 0.6) is 0 Å². The molecule has 0 aromatic heterocycles. The van der Waals surface area contributed by atoms with Gasteiger partial charge in [0.05, 0.1) is 17.2 Å². The monoisotopic (exact) mass is 441 g/mol. The molecule has 6 heteroatoms. The van der Waals surface area contributed by atoms with Gasteiger partial charge in [-0.1, -0.05) is 54.1 Å². The summed E-state index contributed by atoms with van der Waals surface area (Å²) >= 11 is 0. The molecular formula is C27H27N3O3. The Morgan fingerprint density at radius 2 is 1.70 bits per heavy atom. The Kier molecular flexibility index (Phi) is 6.54. The average Bonchev–Trinajstić information content (AvgIpc) is 3.21. The van der Waals surface area contributed by atoms with Gasteiger partial charge in [-0.15, -0.1) is 0 Å². The number of hydrogen-bond donors (Lipinski definition) is 2. The molecule has 1 saturated heterocycles. The van der Waals surface area contributed by atoms with Gasteiger partial charge in [0.2, 0.25) is 11.8 Å². The van der Waals surface area contributed by atoms with E-state index in [2.05, 4.69) is 10.6 Å². The number of anilines is 2. The lowest BCUT2D eigenvalue weighted by molar-refractivity contribution is -0.122. The summed E-state index contributed by atoms with van der Waals surface area (Å²) in [5, 5.41) is 5.77. The van der Waals surface area contributed by atoms with E-state index < -0.39 is 5.92 Å². The Balaban J connectivity index is 1.42. The molecule has 3 aromatic rings. The van der Waals surface area contributed by atoms with Crippen LogP contribution in [0.25, 0.3) is 0 Å². The molecule has 0 aliphatic carbocycles. The van der Waals surface area contributed by atoms with E-state index in [0.717, 1.165) is 22.4 Å². The van der Waals surface area contributed by atoms with Gasteiger partial charge in [0.15, 0.2) is 0 Å². The van der Waals surface area contributed by atoms with E-state index in [9.17, 15) is 14.4 Å². The van der Waals surface area contributed by atoms with Gasteiger partial charge in [-0.2, -0.15) is 0 Å². The maximum Gasteiger partial charge on any atom is 0.253 e. The van der Waals surface area contributed by atoms with E-state index >= 15 is 0 Å². The molecule has 6 nitrogen and oxygen atoms in total. The zero-order chi connectivity index (χ0) is 23.4. The summed E-state index contributed by atoms with van der Waals surface area (Å²) in [5.74, 6) is -1.10. The summed E-state index contributed by atoms with van der Waals surface area (Å²) in [6.07, 6.45) is 0.140. The highest BCUT2D eigenvalue weighted by atomic mass is 16.2. The smallest absolute Gasteiger partial charge is 0.253 e. The summed E-state index contributed by atoms with van der Waals surface area (Å²) in [6, 6.07) is 22.5. The first-order valence-electron chi connectivity index (χ1n) is 11.0. The second-order valence-corrected chi connectivity index (χ2v) is 8.45. The molecule has 1 fully saturated rings. The van der Waals surface area contributed by atoms with Crippen molar-refractivity contribution in [3.05, 3.63) is 95.1 Å². The fourth-order valence-corrected chi connectivity index (χ4v) is 3.94. The van der Waals surface area contributed by atoms with Crippen LogP contribution in [0.3, 0.4) is 0 Å². The van der Waals surface area contributed by atoms with E-state index in [1.807, 2.05) is 62.4 Å². The molecule has 0 spiro atoms. The van der Waals surface area contributed by atoms with Crippen LogP contribution in [0.2, 0.25) is 0 Å². The summed E-state index contributed by atoms with van der Waals surface area (Å²) in [4.78, 5) is 40.0. The Hall–Kier alpha value is -3.93. The molecule has 2 N–H and O–H groups in total. The summed E-state index contributed by atoms with van der Waals surface area (Å²) < 4.78 is 0. The van der Waals surface area contributed by atoms with Crippen molar-refractivity contribution in [2.24, 2.45) is 5.92 Å². The Morgan fingerprint density at radius 1 is 0.939 bits per heavy atom. The second kappa shape index (κ2) is 9.69. The number of amides is 3. The van der Waals surface area contributed by atoms with Crippen LogP contribution in [0.4, 0.5) is 11.4 Å². The molecule has 0 unspecified atom stereocenters. The molecule has 0 saturated carbocycles. The minimum absolute atomic E-state index is 0.0788. The van der Waals surface area contributed by atoms with Crippen molar-refractivity contribution < 1.29 is 14.4 Å². The third-order valence-electron chi connectivity index (χ3n) is 5.81. The quantitative estimate of drug-likeness (QED) is 0.601. The minimum atomic E-state index is -0.485. The van der Waals surface area contributed by atoms with Crippen LogP contribution in [0.1, 0.15) is 33.5 Å². The van der Waals surface area contributed by atoms with Crippen LogP contribution in [0, 0.1) is 19.8 Å². The normalized spacial score (nSPS) is 15.4. The first kappa shape index (κ1) is 22.3. The maximum atomic E-state index is 13.0. The van der Waals surface area contributed by atoms with E-state index in [-0.39, 0.29) is 24.1 Å². The Bertz CT molecular complexity index is 1190. The highest BCUT2D eigenvalue weighted by Gasteiger charge is 2.35. The van der Waals surface area contributed by atoms with Crippen LogP contribution in [0.15, 0.2) is 72.8 Å². The first-order valence-corrected chi connectivity index (χ1v) is 11.0. The molecule has 168 valence electrons. The van der Waals surface area contributed by atoms with Gasteiger partial charge in [-0.25, -0.2) is 0 Å². The van der Waals surface area contributed by atoms with Crippen molar-refractivity contribution in [2.45, 2.75) is 26.8 Å². The number of benzene rings is 3. The van der Waals surface area contributed by atoms with Gasteiger partial charge in [0.1, 0.15) is 0 Å². The van der Waals surface area contributed by atoms with E-state index in [1.165, 1.54) is 0 Å². The zero-order valence-corrected chi connectivity index (χ0v) is 18.8. The predicted molar refractivity (Wildman–Crippen MR) is 129 cm³/mol. The van der Waals surface area contributed by atoms with Crippen molar-refractivity contribution in [1.82, 2.24) is 5.32 Å². The number of para-hydroxylation sites is 1. The Labute approximate surface area is 193 Å². The highest BCUT2D eigenvalue weighted by Crippen LogP contribution is 2.27. The number of nitrogens with one attached hydrogen (secondary N) is 2. The van der Waals surface area contributed by atoms with Crippen molar-refractivity contribution in [3.8, 4) is 0 Å². The van der Waals surface area contributed by atoms with Crippen molar-refractivity contribution in [2.75, 3.05) is 16.8 Å². The SMILES string of the molecule is Cc1ccc(CNC(=O)c2ccccc2NC(=O)[C@H]2CC(=O)N(c3cccc(C)c3)C2)cc1. The predicted octanol–water partition coefficient (Wildman–Crippen LogP) is 4.23. The van der Waals surface area contributed by atoms with Crippen LogP contribution in [-0.4, -0.2) is 24.3 Å². The van der Waals surface area contributed by atoms with Gasteiger partial charge < -0.3 is 15.5 Å². The molecule has 3 aromatic carbocycles. The van der Waals surface area contributed by atoms with E-state index in [1.54, 1.807) is 29.2 Å². The fraction of sp³-hybridized carbons (Fsp3) is 0.222. The van der Waals surface area contributed by atoms with Gasteiger partial charge in [-0.3, -0.25) is 14.4 Å². The number of carbonyl (C=O) groups is 3. The van der Waals surface area contributed by atoms with Crippen molar-refractivity contribution >= 4 is 29.1 Å². The molecular weight excluding hydrogens is 414 g/mol. The van der Waals surface area contributed by atoms with Gasteiger partial charge in [-0.05, 0) is 49.2 Å². The van der Waals surface area contributed by atoms with E-state index in [0.29, 0.717) is 24.3 Å². The molecule has 4 rings (SSSR count). The van der Waals surface area contributed by atoms with Crippen LogP contribution >= 0.6 is 0 Å². The summed E-state index contributed by atoms with van der Waals surface area (Å²) in [5.41, 5.74) is 4.83. The van der Waals surface area contributed by atoms with Crippen molar-refractivity contribution in [1.29, 1.82) is 0 Å². The average molecular weight is 442 g/mol. The number of nitrogens with zero attached hydrogens (tertiary/aromatic N) is 1. The lowest BCUT2D eigenvalue weighted by atomic mass is 10.1. The topological polar surface area (TPSA) is 78.5 Å². The molecule has 3 amide bonds. The van der Waals surface area contributed by atoms with Crippen LogP contribution < -0.4 is 15.5 Å². The molecule has 1 atom stereocenters. The molecule has 1 aliphatic rings. The van der Waals surface area contributed by atoms with Gasteiger partial charge in [0.25, 0.3) is 5.91 Å². The summed E-state index contributed by atoms with van der Waals surface area (Å²) in [7, 11) is 0. The number of carbonyl (C=O) groups excluding carboxylic acids is 3. The fourth-order valence-electron chi connectivity index (χ4n) is 3.94. The third-order valence-corrected chi connectivity index (χ3v) is 5.81. The van der Waals surface area contributed by atoms with Gasteiger partial charge >= 0.3 is 0 Å². The number of hydrogen-bond acceptors (Lipinski definition) is 3. The first-order chi connectivity index (χ1) is 15.9. The van der Waals surface area contributed by atoms with Gasteiger partial charge in [0, 0.05) is 25.2 Å². The van der Waals surface area contributed by atoms with Crippen molar-refractivity contribution in [3.63, 3.8) is 0 Å². The zero-order valence-electron chi connectivity index (χ0n) is 18.8. The molecule has 1 aliphatic heterocycles. The highest BCUT2D eigenvalue weighted by molar-refractivity contribution is 6.07. The summed E-state index contributed by atoms with van der Waals surface area (Å²) in [6.45, 7) is 4.69. The third kappa shape index (κ3) is 5.29. The minimum Gasteiger partial charge on any atom is -0.348 e. The second-order valence-electron chi connectivity index (χ2n) is 8.45.